The number of aliphatic hydroxyl groups is 1. The van der Waals surface area contributed by atoms with Gasteiger partial charge in [-0.3, -0.25) is 9.69 Å². The number of halogens is 1. The molecule has 1 amide bonds. The highest BCUT2D eigenvalue weighted by Gasteiger charge is 2.42. The lowest BCUT2D eigenvalue weighted by Crippen LogP contribution is -2.60. The molecule has 3 heterocycles. The third-order valence-electron chi connectivity index (χ3n) is 5.67. The molecule has 0 saturated carbocycles. The van der Waals surface area contributed by atoms with E-state index in [2.05, 4.69) is 20.3 Å². The Morgan fingerprint density at radius 2 is 1.97 bits per heavy atom. The molecule has 1 unspecified atom stereocenters. The van der Waals surface area contributed by atoms with Crippen LogP contribution in [0.5, 0.6) is 0 Å². The molecule has 0 aliphatic carbocycles. The van der Waals surface area contributed by atoms with Crippen molar-refractivity contribution in [3.63, 3.8) is 0 Å². The van der Waals surface area contributed by atoms with Crippen LogP contribution in [-0.4, -0.2) is 51.2 Å². The first-order valence-corrected chi connectivity index (χ1v) is 10.4. The van der Waals surface area contributed by atoms with E-state index in [4.69, 9.17) is 17.3 Å². The number of anilines is 1. The number of rotatable bonds is 6. The number of aliphatic hydroxyl groups excluding tert-OH is 1. The van der Waals surface area contributed by atoms with Gasteiger partial charge in [-0.2, -0.15) is 0 Å². The maximum Gasteiger partial charge on any atom is 0.248 e. The number of benzene rings is 1. The van der Waals surface area contributed by atoms with Crippen molar-refractivity contribution < 1.29 is 9.90 Å². The summed E-state index contributed by atoms with van der Waals surface area (Å²) < 4.78 is 0. The summed E-state index contributed by atoms with van der Waals surface area (Å²) in [5.41, 5.74) is 7.10. The van der Waals surface area contributed by atoms with Crippen LogP contribution >= 0.6 is 11.6 Å². The first kappa shape index (κ1) is 20.7. The predicted octanol–water partition coefficient (Wildman–Crippen LogP) is 2.15. The summed E-state index contributed by atoms with van der Waals surface area (Å²) >= 11 is 6.08. The van der Waals surface area contributed by atoms with Crippen molar-refractivity contribution in [1.29, 1.82) is 0 Å². The molecule has 3 aromatic rings. The first-order chi connectivity index (χ1) is 14.5. The number of carbonyl (C=O) groups is 1. The van der Waals surface area contributed by atoms with Crippen LogP contribution in [0.4, 0.5) is 5.82 Å². The Bertz CT molecular complexity index is 1020. The molecule has 0 spiro atoms. The molecule has 1 aromatic carbocycles. The van der Waals surface area contributed by atoms with E-state index in [0.717, 1.165) is 10.9 Å². The summed E-state index contributed by atoms with van der Waals surface area (Å²) in [7, 11) is 0. The molecule has 2 aromatic heterocycles. The molecular weight excluding hydrogens is 404 g/mol. The van der Waals surface area contributed by atoms with Gasteiger partial charge in [0.15, 0.2) is 0 Å². The van der Waals surface area contributed by atoms with Crippen LogP contribution < -0.4 is 16.0 Å². The van der Waals surface area contributed by atoms with Crippen LogP contribution in [0.15, 0.2) is 42.9 Å². The van der Waals surface area contributed by atoms with Crippen molar-refractivity contribution in [2.75, 3.05) is 24.6 Å². The Kier molecular flexibility index (Phi) is 6.01. The molecule has 0 bridgehead atoms. The van der Waals surface area contributed by atoms with Crippen molar-refractivity contribution in [1.82, 2.24) is 20.3 Å². The Labute approximate surface area is 179 Å². The van der Waals surface area contributed by atoms with Gasteiger partial charge in [-0.25, -0.2) is 9.97 Å². The second-order valence-corrected chi connectivity index (χ2v) is 8.03. The zero-order valence-corrected chi connectivity index (χ0v) is 17.3. The molecule has 1 saturated heterocycles. The molecule has 1 aliphatic rings. The van der Waals surface area contributed by atoms with Gasteiger partial charge in [0, 0.05) is 17.8 Å². The second-order valence-electron chi connectivity index (χ2n) is 7.60. The molecule has 158 valence electrons. The van der Waals surface area contributed by atoms with E-state index in [1.165, 1.54) is 6.33 Å². The Balaban J connectivity index is 1.86. The quantitative estimate of drug-likeness (QED) is 0.477. The number of nitrogens with zero attached hydrogens (tertiary/aromatic N) is 3. The number of piperidine rings is 1. The molecule has 0 radical (unpaired) electrons. The second kappa shape index (κ2) is 8.69. The van der Waals surface area contributed by atoms with Crippen LogP contribution in [0.2, 0.25) is 5.02 Å². The lowest BCUT2D eigenvalue weighted by atomic mass is 9.86. The van der Waals surface area contributed by atoms with Gasteiger partial charge in [0.25, 0.3) is 0 Å². The maximum absolute atomic E-state index is 13.9. The van der Waals surface area contributed by atoms with Crippen LogP contribution in [-0.2, 0) is 4.79 Å². The highest BCUT2D eigenvalue weighted by atomic mass is 35.5. The average molecular weight is 429 g/mol. The summed E-state index contributed by atoms with van der Waals surface area (Å²) in [6.07, 6.45) is 4.57. The van der Waals surface area contributed by atoms with Gasteiger partial charge in [0.1, 0.15) is 17.8 Å². The topological polar surface area (TPSA) is 120 Å². The minimum atomic E-state index is -1.01. The largest absolute Gasteiger partial charge is 0.396 e. The van der Waals surface area contributed by atoms with Crippen LogP contribution in [0, 0.1) is 0 Å². The monoisotopic (exact) mass is 428 g/mol. The number of H-pyrrole nitrogens is 1. The van der Waals surface area contributed by atoms with E-state index in [-0.39, 0.29) is 12.5 Å². The average Bonchev–Trinajstić information content (AvgIpc) is 3.24. The molecule has 1 fully saturated rings. The molecule has 1 atom stereocenters. The summed E-state index contributed by atoms with van der Waals surface area (Å²) in [4.78, 5) is 27.4. The van der Waals surface area contributed by atoms with Crippen molar-refractivity contribution in [3.8, 4) is 0 Å². The summed E-state index contributed by atoms with van der Waals surface area (Å²) in [6.45, 7) is 1.24. The van der Waals surface area contributed by atoms with Gasteiger partial charge in [0.2, 0.25) is 5.91 Å². The number of amides is 1. The maximum atomic E-state index is 13.9. The van der Waals surface area contributed by atoms with Gasteiger partial charge in [-0.05, 0) is 56.1 Å². The highest BCUT2D eigenvalue weighted by Crippen LogP contribution is 2.36. The van der Waals surface area contributed by atoms with Crippen molar-refractivity contribution in [3.05, 3.63) is 53.4 Å². The number of carbonyl (C=O) groups excluding carboxylic acids is 1. The molecular formula is C21H25ClN6O2. The van der Waals surface area contributed by atoms with Crippen molar-refractivity contribution >= 4 is 34.4 Å². The number of fused-ring (bicyclic) bond motifs is 1. The fourth-order valence-corrected chi connectivity index (χ4v) is 4.14. The number of hydrogen-bond donors (Lipinski definition) is 4. The number of aromatic nitrogens is 3. The Morgan fingerprint density at radius 1 is 1.23 bits per heavy atom. The standard InChI is InChI=1S/C21H25ClN6O2/c22-15-3-1-14(2-4-15)17(6-12-29)28(20(30)21(23)7-10-24-11-8-21)19-16-5-9-25-18(16)26-13-27-19/h1-5,9,13,17,24,29H,6-8,10-12,23H2,(H,25,26,27). The van der Waals surface area contributed by atoms with Gasteiger partial charge in [0.05, 0.1) is 17.0 Å². The van der Waals surface area contributed by atoms with Crippen LogP contribution in [0.3, 0.4) is 0 Å². The highest BCUT2D eigenvalue weighted by molar-refractivity contribution is 6.30. The van der Waals surface area contributed by atoms with Gasteiger partial charge >= 0.3 is 0 Å². The van der Waals surface area contributed by atoms with Crippen molar-refractivity contribution in [2.45, 2.75) is 30.8 Å². The lowest BCUT2D eigenvalue weighted by molar-refractivity contribution is -0.125. The molecule has 9 heteroatoms. The fourth-order valence-electron chi connectivity index (χ4n) is 4.01. The molecule has 5 N–H and O–H groups in total. The van der Waals surface area contributed by atoms with Crippen LogP contribution in [0.1, 0.15) is 30.9 Å². The third-order valence-corrected chi connectivity index (χ3v) is 5.92. The van der Waals surface area contributed by atoms with E-state index in [1.54, 1.807) is 23.2 Å². The Hall–Kier alpha value is -2.52. The number of aromatic amines is 1. The van der Waals surface area contributed by atoms with E-state index in [1.807, 2.05) is 18.2 Å². The lowest BCUT2D eigenvalue weighted by Gasteiger charge is -2.40. The Morgan fingerprint density at radius 3 is 2.67 bits per heavy atom. The third kappa shape index (κ3) is 3.91. The van der Waals surface area contributed by atoms with Gasteiger partial charge < -0.3 is 21.1 Å². The summed E-state index contributed by atoms with van der Waals surface area (Å²) in [6, 6.07) is 8.67. The molecule has 1 aliphatic heterocycles. The SMILES string of the molecule is NC1(C(=O)N(c2ncnc3[nH]ccc23)C(CCO)c2ccc(Cl)cc2)CCNCC1. The minimum Gasteiger partial charge on any atom is -0.396 e. The number of hydrogen-bond acceptors (Lipinski definition) is 6. The molecule has 30 heavy (non-hydrogen) atoms. The zero-order chi connectivity index (χ0) is 21.1. The predicted molar refractivity (Wildman–Crippen MR) is 116 cm³/mol. The van der Waals surface area contributed by atoms with E-state index < -0.39 is 11.6 Å². The fraction of sp³-hybridized carbons (Fsp3) is 0.381. The van der Waals surface area contributed by atoms with E-state index in [9.17, 15) is 9.90 Å². The zero-order valence-electron chi connectivity index (χ0n) is 16.5. The molecule has 4 rings (SSSR count). The van der Waals surface area contributed by atoms with Crippen molar-refractivity contribution in [2.24, 2.45) is 5.73 Å². The summed E-state index contributed by atoms with van der Waals surface area (Å²) in [5, 5.41) is 14.4. The van der Waals surface area contributed by atoms with Gasteiger partial charge in [-0.15, -0.1) is 0 Å². The number of nitrogens with two attached hydrogens (primary N) is 1. The van der Waals surface area contributed by atoms with E-state index >= 15 is 0 Å². The minimum absolute atomic E-state index is 0.0996. The van der Waals surface area contributed by atoms with E-state index in [0.29, 0.717) is 48.8 Å². The molecule has 8 nitrogen and oxygen atoms in total. The smallest absolute Gasteiger partial charge is 0.248 e. The van der Waals surface area contributed by atoms with Crippen LogP contribution in [0.25, 0.3) is 11.0 Å². The van der Waals surface area contributed by atoms with Gasteiger partial charge in [-0.1, -0.05) is 23.7 Å². The summed E-state index contributed by atoms with van der Waals surface area (Å²) in [5.74, 6) is 0.265. The first-order valence-electron chi connectivity index (χ1n) is 10.0. The number of nitrogens with one attached hydrogen (secondary N) is 2. The normalized spacial score (nSPS) is 17.0.